The summed E-state index contributed by atoms with van der Waals surface area (Å²) in [5.74, 6) is 0.907. The van der Waals surface area contributed by atoms with Gasteiger partial charge in [0.15, 0.2) is 0 Å². The number of nitrogens with one attached hydrogen (secondary N) is 1. The molecule has 0 atom stereocenters. The number of aryl methyl sites for hydroxylation is 2. The molecule has 4 aromatic rings. The highest BCUT2D eigenvalue weighted by Crippen LogP contribution is 2.27. The Labute approximate surface area is 179 Å². The number of aromatic nitrogens is 3. The van der Waals surface area contributed by atoms with Crippen molar-refractivity contribution < 1.29 is 9.53 Å². The molecular weight excluding hydrogens is 396 g/mol. The van der Waals surface area contributed by atoms with Gasteiger partial charge in [0.05, 0.1) is 24.1 Å². The maximum absolute atomic E-state index is 12.4. The van der Waals surface area contributed by atoms with E-state index in [9.17, 15) is 4.79 Å². The van der Waals surface area contributed by atoms with Gasteiger partial charge in [-0.1, -0.05) is 23.9 Å². The van der Waals surface area contributed by atoms with E-state index in [-0.39, 0.29) is 11.7 Å². The van der Waals surface area contributed by atoms with Crippen LogP contribution in [0.2, 0.25) is 0 Å². The molecule has 0 aliphatic rings. The standard InChI is InChI=1S/C23H22N4O2S/c1-15-4-5-17(12-16(15)2)20-13-21-23(24-10-11-27(21)26-20)30-14-22(28)25-18-6-8-19(29-3)9-7-18/h4-13H,14H2,1-3H3,(H,25,28). The summed E-state index contributed by atoms with van der Waals surface area (Å²) in [7, 11) is 1.61. The first kappa shape index (κ1) is 20.0. The van der Waals surface area contributed by atoms with Gasteiger partial charge < -0.3 is 10.1 Å². The van der Waals surface area contributed by atoms with Gasteiger partial charge in [-0.05, 0) is 61.4 Å². The van der Waals surface area contributed by atoms with Gasteiger partial charge in [0.1, 0.15) is 10.8 Å². The van der Waals surface area contributed by atoms with E-state index in [4.69, 9.17) is 4.74 Å². The maximum Gasteiger partial charge on any atom is 0.234 e. The SMILES string of the molecule is COc1ccc(NC(=O)CSc2nccn3nc(-c4ccc(C)c(C)c4)cc23)cc1. The Morgan fingerprint density at radius 1 is 1.10 bits per heavy atom. The second-order valence-corrected chi connectivity index (χ2v) is 7.92. The third kappa shape index (κ3) is 4.31. The van der Waals surface area contributed by atoms with Crippen LogP contribution in [0.5, 0.6) is 5.75 Å². The Morgan fingerprint density at radius 2 is 1.90 bits per heavy atom. The lowest BCUT2D eigenvalue weighted by Gasteiger charge is -2.06. The van der Waals surface area contributed by atoms with Gasteiger partial charge in [0.2, 0.25) is 5.91 Å². The molecule has 2 heterocycles. The van der Waals surface area contributed by atoms with Crippen LogP contribution in [0.15, 0.2) is 66.0 Å². The molecule has 4 rings (SSSR count). The summed E-state index contributed by atoms with van der Waals surface area (Å²) in [6.45, 7) is 4.19. The van der Waals surface area contributed by atoms with Crippen LogP contribution in [0.1, 0.15) is 11.1 Å². The van der Waals surface area contributed by atoms with Crippen molar-refractivity contribution >= 4 is 28.9 Å². The maximum atomic E-state index is 12.4. The van der Waals surface area contributed by atoms with E-state index in [0.29, 0.717) is 0 Å². The van der Waals surface area contributed by atoms with Crippen LogP contribution in [0.25, 0.3) is 16.8 Å². The minimum absolute atomic E-state index is 0.0946. The van der Waals surface area contributed by atoms with E-state index in [1.807, 2.05) is 36.5 Å². The van der Waals surface area contributed by atoms with Crippen molar-refractivity contribution in [2.24, 2.45) is 0 Å². The predicted molar refractivity (Wildman–Crippen MR) is 120 cm³/mol. The van der Waals surface area contributed by atoms with Gasteiger partial charge in [-0.25, -0.2) is 9.50 Å². The fourth-order valence-electron chi connectivity index (χ4n) is 3.06. The number of benzene rings is 2. The van der Waals surface area contributed by atoms with Gasteiger partial charge in [0.25, 0.3) is 0 Å². The number of hydrogen-bond donors (Lipinski definition) is 1. The van der Waals surface area contributed by atoms with Crippen molar-refractivity contribution in [3.8, 4) is 17.0 Å². The van der Waals surface area contributed by atoms with Crippen LogP contribution < -0.4 is 10.1 Å². The largest absolute Gasteiger partial charge is 0.497 e. The minimum atomic E-state index is -0.0946. The fourth-order valence-corrected chi connectivity index (χ4v) is 3.83. The molecule has 0 spiro atoms. The Hall–Kier alpha value is -3.32. The molecule has 0 bridgehead atoms. The Morgan fingerprint density at radius 3 is 2.63 bits per heavy atom. The lowest BCUT2D eigenvalue weighted by atomic mass is 10.0. The average Bonchev–Trinajstić information content (AvgIpc) is 3.19. The number of carbonyl (C=O) groups is 1. The van der Waals surface area contributed by atoms with Crippen LogP contribution in [0.4, 0.5) is 5.69 Å². The summed E-state index contributed by atoms with van der Waals surface area (Å²) in [5, 5.41) is 8.33. The van der Waals surface area contributed by atoms with Crippen molar-refractivity contribution in [3.63, 3.8) is 0 Å². The first-order valence-corrected chi connectivity index (χ1v) is 10.5. The summed E-state index contributed by atoms with van der Waals surface area (Å²) in [4.78, 5) is 16.8. The molecule has 2 aromatic carbocycles. The van der Waals surface area contributed by atoms with Crippen LogP contribution in [0, 0.1) is 13.8 Å². The summed E-state index contributed by atoms with van der Waals surface area (Å²) >= 11 is 1.39. The topological polar surface area (TPSA) is 68.5 Å². The number of methoxy groups -OCH3 is 1. The summed E-state index contributed by atoms with van der Waals surface area (Å²) < 4.78 is 6.94. The minimum Gasteiger partial charge on any atom is -0.497 e. The van der Waals surface area contributed by atoms with E-state index in [1.54, 1.807) is 17.8 Å². The van der Waals surface area contributed by atoms with E-state index in [1.165, 1.54) is 22.9 Å². The van der Waals surface area contributed by atoms with Crippen molar-refractivity contribution in [1.82, 2.24) is 14.6 Å². The van der Waals surface area contributed by atoms with Crippen LogP contribution in [0.3, 0.4) is 0 Å². The van der Waals surface area contributed by atoms with Gasteiger partial charge >= 0.3 is 0 Å². The summed E-state index contributed by atoms with van der Waals surface area (Å²) in [5.41, 5.74) is 6.04. The molecule has 1 amide bonds. The molecule has 7 heteroatoms. The molecule has 1 N–H and O–H groups in total. The van der Waals surface area contributed by atoms with Crippen molar-refractivity contribution in [2.45, 2.75) is 18.9 Å². The number of carbonyl (C=O) groups excluding carboxylic acids is 1. The number of rotatable bonds is 6. The molecule has 152 valence electrons. The number of thioether (sulfide) groups is 1. The van der Waals surface area contributed by atoms with Gasteiger partial charge in [-0.2, -0.15) is 5.10 Å². The number of amides is 1. The fraction of sp³-hybridized carbons (Fsp3) is 0.174. The van der Waals surface area contributed by atoms with Gasteiger partial charge in [0, 0.05) is 23.6 Å². The van der Waals surface area contributed by atoms with Crippen LogP contribution >= 0.6 is 11.8 Å². The van der Waals surface area contributed by atoms with Crippen molar-refractivity contribution in [3.05, 3.63) is 72.1 Å². The highest BCUT2D eigenvalue weighted by Gasteiger charge is 2.12. The molecule has 2 aromatic heterocycles. The van der Waals surface area contributed by atoms with E-state index in [0.717, 1.165) is 33.2 Å². The molecule has 0 unspecified atom stereocenters. The molecule has 0 aliphatic heterocycles. The van der Waals surface area contributed by atoms with Gasteiger partial charge in [-0.15, -0.1) is 0 Å². The van der Waals surface area contributed by atoms with Crippen molar-refractivity contribution in [2.75, 3.05) is 18.2 Å². The number of nitrogens with zero attached hydrogens (tertiary/aromatic N) is 3. The average molecular weight is 419 g/mol. The smallest absolute Gasteiger partial charge is 0.234 e. The zero-order chi connectivity index (χ0) is 21.1. The summed E-state index contributed by atoms with van der Waals surface area (Å²) in [6, 6.07) is 15.6. The van der Waals surface area contributed by atoms with Crippen molar-refractivity contribution in [1.29, 1.82) is 0 Å². The third-order valence-corrected chi connectivity index (χ3v) is 5.87. The Balaban J connectivity index is 1.49. The number of ether oxygens (including phenoxy) is 1. The van der Waals surface area contributed by atoms with Gasteiger partial charge in [-0.3, -0.25) is 4.79 Å². The monoisotopic (exact) mass is 418 g/mol. The zero-order valence-electron chi connectivity index (χ0n) is 17.0. The van der Waals surface area contributed by atoms with E-state index < -0.39 is 0 Å². The first-order chi connectivity index (χ1) is 14.5. The number of anilines is 1. The number of fused-ring (bicyclic) bond motifs is 1. The molecule has 0 radical (unpaired) electrons. The van der Waals surface area contributed by atoms with E-state index >= 15 is 0 Å². The zero-order valence-corrected chi connectivity index (χ0v) is 17.9. The quantitative estimate of drug-likeness (QED) is 0.458. The van der Waals surface area contributed by atoms with Crippen LogP contribution in [-0.2, 0) is 4.79 Å². The lowest BCUT2D eigenvalue weighted by Crippen LogP contribution is -2.14. The molecular formula is C23H22N4O2S. The molecule has 30 heavy (non-hydrogen) atoms. The predicted octanol–water partition coefficient (Wildman–Crippen LogP) is 4.75. The normalized spacial score (nSPS) is 10.9. The second-order valence-electron chi connectivity index (χ2n) is 6.96. The molecule has 6 nitrogen and oxygen atoms in total. The Bertz CT molecular complexity index is 1200. The Kier molecular flexibility index (Phi) is 5.72. The lowest BCUT2D eigenvalue weighted by molar-refractivity contribution is -0.113. The highest BCUT2D eigenvalue weighted by molar-refractivity contribution is 8.00. The molecule has 0 fully saturated rings. The number of hydrogen-bond acceptors (Lipinski definition) is 5. The first-order valence-electron chi connectivity index (χ1n) is 9.52. The molecule has 0 saturated carbocycles. The molecule has 0 aliphatic carbocycles. The van der Waals surface area contributed by atoms with E-state index in [2.05, 4.69) is 47.4 Å². The highest BCUT2D eigenvalue weighted by atomic mass is 32.2. The second kappa shape index (κ2) is 8.59. The summed E-state index contributed by atoms with van der Waals surface area (Å²) in [6.07, 6.45) is 3.52. The van der Waals surface area contributed by atoms with Crippen LogP contribution in [-0.4, -0.2) is 33.4 Å². The molecule has 0 saturated heterocycles. The third-order valence-electron chi connectivity index (χ3n) is 4.87.